The van der Waals surface area contributed by atoms with E-state index in [0.29, 0.717) is 5.92 Å². The molecule has 0 N–H and O–H groups in total. The van der Waals surface area contributed by atoms with E-state index in [1.807, 2.05) is 0 Å². The van der Waals surface area contributed by atoms with Gasteiger partial charge in [0.1, 0.15) is 0 Å². The Kier molecular flexibility index (Phi) is 19.5. The Balaban J connectivity index is -0.000000431. The number of hydrogen-bond acceptors (Lipinski definition) is 0. The zero-order valence-corrected chi connectivity index (χ0v) is 24.9. The van der Waals surface area contributed by atoms with E-state index in [-0.39, 0.29) is 39.7 Å². The fourth-order valence-corrected chi connectivity index (χ4v) is 3.18. The predicted molar refractivity (Wildman–Crippen MR) is 138 cm³/mol. The predicted octanol–water partition coefficient (Wildman–Crippen LogP) is 8.31. The normalized spacial score (nSPS) is 13.6. The molecule has 1 unspecified atom stereocenters. The molecule has 0 amide bonds. The van der Waals surface area contributed by atoms with Crippen LogP contribution in [0, 0.1) is 26.8 Å². The third-order valence-corrected chi connectivity index (χ3v) is 5.00. The van der Waals surface area contributed by atoms with Crippen LogP contribution in [0.4, 0.5) is 0 Å². The summed E-state index contributed by atoms with van der Waals surface area (Å²) in [5.41, 5.74) is 6.86. The molecule has 0 fully saturated rings. The second-order valence-electron chi connectivity index (χ2n) is 6.50. The minimum Gasteiger partial charge on any atom is -0.150 e. The van der Waals surface area contributed by atoms with Crippen molar-refractivity contribution in [3.8, 4) is 11.1 Å². The van der Waals surface area contributed by atoms with Crippen molar-refractivity contribution >= 4 is 47.7 Å². The van der Waals surface area contributed by atoms with Crippen LogP contribution in [0.2, 0.25) is 0 Å². The first-order chi connectivity index (χ1) is 12.6. The number of benzene rings is 2. The van der Waals surface area contributed by atoms with Crippen molar-refractivity contribution in [3.63, 3.8) is 0 Å². The Bertz CT molecular complexity index is 926. The van der Waals surface area contributed by atoms with Gasteiger partial charge in [0.2, 0.25) is 0 Å². The molecule has 30 heavy (non-hydrogen) atoms. The zero-order valence-electron chi connectivity index (χ0n) is 18.7. The summed E-state index contributed by atoms with van der Waals surface area (Å²) in [7, 11) is 0. The van der Waals surface area contributed by atoms with Gasteiger partial charge in [0.25, 0.3) is 0 Å². The molecule has 0 heterocycles. The molecular weight excluding hydrogens is 547 g/mol. The van der Waals surface area contributed by atoms with Crippen molar-refractivity contribution < 1.29 is 21.6 Å². The molecule has 3 aromatic carbocycles. The van der Waals surface area contributed by atoms with Crippen molar-refractivity contribution in [1.82, 2.24) is 0 Å². The molecule has 0 aromatic heterocycles. The summed E-state index contributed by atoms with van der Waals surface area (Å²) < 4.78 is 0. The van der Waals surface area contributed by atoms with Crippen LogP contribution in [-0.4, -0.2) is 12.1 Å². The van der Waals surface area contributed by atoms with Gasteiger partial charge in [-0.15, -0.1) is 78.4 Å². The van der Waals surface area contributed by atoms with Gasteiger partial charge in [-0.3, -0.25) is 6.08 Å². The van der Waals surface area contributed by atoms with Gasteiger partial charge < -0.3 is 14.9 Å². The van der Waals surface area contributed by atoms with Crippen LogP contribution in [-0.2, 0) is 21.6 Å². The first-order valence-corrected chi connectivity index (χ1v) is 16.2. The monoisotopic (exact) mass is 578 g/mol. The van der Waals surface area contributed by atoms with Crippen LogP contribution < -0.4 is 0 Å². The average molecular weight is 579 g/mol. The van der Waals surface area contributed by atoms with Crippen molar-refractivity contribution in [2.75, 3.05) is 0 Å². The second kappa shape index (κ2) is 17.1. The van der Waals surface area contributed by atoms with E-state index in [2.05, 4.69) is 113 Å². The van der Waals surface area contributed by atoms with E-state index in [4.69, 9.17) is 0 Å². The van der Waals surface area contributed by atoms with Crippen LogP contribution in [0.3, 0.4) is 0 Å². The largest absolute Gasteiger partial charge is 0.150 e. The van der Waals surface area contributed by atoms with Gasteiger partial charge in [-0.25, -0.2) is 5.57 Å². The topological polar surface area (TPSA) is 0 Å². The Morgan fingerprint density at radius 3 is 1.87 bits per heavy atom. The van der Waals surface area contributed by atoms with Crippen molar-refractivity contribution in [2.24, 2.45) is 5.92 Å². The minimum absolute atomic E-state index is 0. The van der Waals surface area contributed by atoms with Crippen molar-refractivity contribution in [3.05, 3.63) is 104 Å². The molecule has 0 nitrogen and oxygen atoms in total. The molecule has 162 valence electrons. The van der Waals surface area contributed by atoms with Gasteiger partial charge in [-0.05, 0) is 0 Å². The molecule has 0 aliphatic heterocycles. The molecular formula is C26H32Cl2GeZr-4. The Morgan fingerprint density at radius 2 is 1.40 bits per heavy atom. The van der Waals surface area contributed by atoms with Gasteiger partial charge >= 0.3 is 33.7 Å². The summed E-state index contributed by atoms with van der Waals surface area (Å²) in [5.74, 6) is 0.560. The van der Waals surface area contributed by atoms with E-state index in [9.17, 15) is 0 Å². The third kappa shape index (κ3) is 8.58. The van der Waals surface area contributed by atoms with Crippen LogP contribution in [0.25, 0.3) is 21.9 Å². The smallest absolute Gasteiger partial charge is 0.0623 e. The first-order valence-electron chi connectivity index (χ1n) is 8.80. The molecule has 0 spiro atoms. The number of halogens is 2. The molecule has 0 bridgehead atoms. The molecule has 2 radical (unpaired) electrons. The second-order valence-corrected chi connectivity index (χ2v) is 6.50. The minimum atomic E-state index is 0. The van der Waals surface area contributed by atoms with E-state index >= 15 is 0 Å². The van der Waals surface area contributed by atoms with E-state index in [1.165, 1.54) is 38.6 Å². The van der Waals surface area contributed by atoms with E-state index in [1.54, 1.807) is 21.6 Å². The quantitative estimate of drug-likeness (QED) is 0.201. The first kappa shape index (κ1) is 34.2. The summed E-state index contributed by atoms with van der Waals surface area (Å²) in [6.07, 6.45) is 3.36. The molecule has 1 aliphatic carbocycles. The van der Waals surface area contributed by atoms with E-state index in [0.717, 1.165) is 0 Å². The summed E-state index contributed by atoms with van der Waals surface area (Å²) in [5, 5.41) is 2.65. The molecule has 1 aliphatic rings. The average Bonchev–Trinajstić information content (AvgIpc) is 3.22. The fourth-order valence-electron chi connectivity index (χ4n) is 3.18. The van der Waals surface area contributed by atoms with Crippen LogP contribution in [0.1, 0.15) is 27.7 Å². The third-order valence-electron chi connectivity index (χ3n) is 5.00. The van der Waals surface area contributed by atoms with Crippen LogP contribution >= 0.6 is 24.8 Å². The summed E-state index contributed by atoms with van der Waals surface area (Å²) in [6.45, 7) is 8.67. The standard InChI is InChI=1S/C15H11.C9H13.2CH3.2ClH.Ge.Zr/c1-2-6-12(7-3-1)15-11-10-13-8-4-5-9-14(13)15;1-6-5-7(2)9(4)8(6)3;;;;;;/h1-11H;6H,1-4H3;2*1H3;2*1H;;/q4*-1;;;;. The van der Waals surface area contributed by atoms with Gasteiger partial charge in [0, 0.05) is 0 Å². The molecule has 3 aromatic rings. The van der Waals surface area contributed by atoms with Crippen LogP contribution in [0.15, 0.2) is 83.4 Å². The summed E-state index contributed by atoms with van der Waals surface area (Å²) >= 11 is 3.64. The Morgan fingerprint density at radius 1 is 0.867 bits per heavy atom. The zero-order chi connectivity index (χ0) is 19.1. The molecule has 1 atom stereocenters. The maximum absolute atomic E-state index is 3.36. The van der Waals surface area contributed by atoms with Crippen molar-refractivity contribution in [2.45, 2.75) is 27.7 Å². The van der Waals surface area contributed by atoms with Gasteiger partial charge in [0.15, 0.2) is 0 Å². The van der Waals surface area contributed by atoms with Gasteiger partial charge in [-0.1, -0.05) is 68.7 Å². The molecule has 4 heteroatoms. The summed E-state index contributed by atoms with van der Waals surface area (Å²) in [6, 6.07) is 23.4. The summed E-state index contributed by atoms with van der Waals surface area (Å²) in [4.78, 5) is 0. The van der Waals surface area contributed by atoms with Gasteiger partial charge in [-0.2, -0.15) is 11.1 Å². The molecule has 0 saturated carbocycles. The fraction of sp³-hybridized carbons (Fsp3) is 0.192. The van der Waals surface area contributed by atoms with Crippen molar-refractivity contribution in [1.29, 1.82) is 0 Å². The SMILES string of the molecule is CC1=[C-]C(C)C(C)=C1C.Cl.Cl.[CH3-].[CH3-].[Ge]=[Zr].c1ccc(-c2c[cH-]c3ccccc23)cc1. The molecule has 0 saturated heterocycles. The molecule has 4 rings (SSSR count). The number of fused-ring (bicyclic) bond motifs is 1. The number of rotatable bonds is 1. The van der Waals surface area contributed by atoms with Crippen LogP contribution in [0.5, 0.6) is 0 Å². The number of hydrogen-bond donors (Lipinski definition) is 0. The van der Waals surface area contributed by atoms with E-state index < -0.39 is 0 Å². The van der Waals surface area contributed by atoms with Gasteiger partial charge in [0.05, 0.1) is 0 Å². The maximum Gasteiger partial charge on any atom is -0.0623 e. The number of allylic oxidation sites excluding steroid dienone is 4. The Hall–Kier alpha value is -0.464. The Labute approximate surface area is 216 Å². The maximum atomic E-state index is 3.36.